The van der Waals surface area contributed by atoms with Crippen molar-refractivity contribution in [3.05, 3.63) is 47.5 Å². The highest BCUT2D eigenvalue weighted by Gasteiger charge is 2.48. The van der Waals surface area contributed by atoms with E-state index in [9.17, 15) is 9.59 Å². The maximum Gasteiger partial charge on any atom is 0.228 e. The lowest BCUT2D eigenvalue weighted by molar-refractivity contribution is -0.122. The van der Waals surface area contributed by atoms with Crippen molar-refractivity contribution in [2.24, 2.45) is 11.3 Å². The van der Waals surface area contributed by atoms with Crippen LogP contribution in [0, 0.1) is 11.3 Å². The number of allylic oxidation sites excluding steroid dienone is 4. The highest BCUT2D eigenvalue weighted by molar-refractivity contribution is 6.24. The summed E-state index contributed by atoms with van der Waals surface area (Å²) in [5.74, 6) is -0.757. The van der Waals surface area contributed by atoms with Crippen LogP contribution in [0.5, 0.6) is 0 Å². The van der Waals surface area contributed by atoms with E-state index in [0.29, 0.717) is 11.1 Å². The molecule has 0 aromatic heterocycles. The number of ether oxygens (including phenoxy) is 2. The largest absolute Gasteiger partial charge is 0.489 e. The van der Waals surface area contributed by atoms with Gasteiger partial charge in [0, 0.05) is 22.5 Å². The standard InChI is InChI=1S/C18H22O4/c1-7-18(4)9-8-11(10(2)3)12-13(18)15(20)17(22-6)16(21-5)14(12)19/h7,11H,1-2,8-9H2,3-6H3. The lowest BCUT2D eigenvalue weighted by Gasteiger charge is -2.40. The van der Waals surface area contributed by atoms with Crippen LogP contribution in [0.1, 0.15) is 26.7 Å². The summed E-state index contributed by atoms with van der Waals surface area (Å²) in [7, 11) is 2.74. The van der Waals surface area contributed by atoms with Gasteiger partial charge in [0.2, 0.25) is 23.1 Å². The third kappa shape index (κ3) is 2.14. The summed E-state index contributed by atoms with van der Waals surface area (Å²) in [6.07, 6.45) is 3.24. The zero-order valence-electron chi connectivity index (χ0n) is 13.6. The van der Waals surface area contributed by atoms with Gasteiger partial charge in [0.15, 0.2) is 0 Å². The van der Waals surface area contributed by atoms with Crippen LogP contribution in [0.15, 0.2) is 47.5 Å². The van der Waals surface area contributed by atoms with Crippen LogP contribution in [0.3, 0.4) is 0 Å². The Balaban J connectivity index is 2.76. The molecule has 0 heterocycles. The second-order valence-electron chi connectivity index (χ2n) is 6.07. The zero-order chi connectivity index (χ0) is 16.7. The molecule has 22 heavy (non-hydrogen) atoms. The number of hydrogen-bond donors (Lipinski definition) is 0. The van der Waals surface area contributed by atoms with Crippen LogP contribution >= 0.6 is 0 Å². The van der Waals surface area contributed by atoms with E-state index in [0.717, 1.165) is 18.4 Å². The number of rotatable bonds is 4. The van der Waals surface area contributed by atoms with Gasteiger partial charge in [0.05, 0.1) is 14.2 Å². The Hall–Kier alpha value is -2.10. The van der Waals surface area contributed by atoms with Gasteiger partial charge in [-0.2, -0.15) is 0 Å². The fourth-order valence-corrected chi connectivity index (χ4v) is 3.36. The van der Waals surface area contributed by atoms with E-state index in [-0.39, 0.29) is 29.0 Å². The quantitative estimate of drug-likeness (QED) is 0.591. The number of Topliss-reactive ketones (excluding diaryl/α,β-unsaturated/α-hetero) is 2. The van der Waals surface area contributed by atoms with Gasteiger partial charge in [-0.05, 0) is 19.8 Å². The van der Waals surface area contributed by atoms with Gasteiger partial charge < -0.3 is 9.47 Å². The van der Waals surface area contributed by atoms with Crippen molar-refractivity contribution in [3.8, 4) is 0 Å². The summed E-state index contributed by atoms with van der Waals surface area (Å²) in [5, 5.41) is 0. The van der Waals surface area contributed by atoms with Crippen LogP contribution in [0.25, 0.3) is 0 Å². The molecule has 118 valence electrons. The molecule has 0 fully saturated rings. The number of ketones is 2. The van der Waals surface area contributed by atoms with E-state index < -0.39 is 5.41 Å². The molecule has 2 atom stereocenters. The molecule has 2 aliphatic carbocycles. The molecular weight excluding hydrogens is 280 g/mol. The van der Waals surface area contributed by atoms with E-state index in [4.69, 9.17) is 9.47 Å². The molecule has 2 aliphatic rings. The topological polar surface area (TPSA) is 52.6 Å². The van der Waals surface area contributed by atoms with Crippen LogP contribution in [0.2, 0.25) is 0 Å². The van der Waals surface area contributed by atoms with E-state index in [2.05, 4.69) is 13.2 Å². The minimum atomic E-state index is -0.545. The first-order valence-electron chi connectivity index (χ1n) is 7.27. The van der Waals surface area contributed by atoms with Crippen molar-refractivity contribution in [2.75, 3.05) is 14.2 Å². The molecule has 4 nitrogen and oxygen atoms in total. The lowest BCUT2D eigenvalue weighted by Crippen LogP contribution is -2.39. The van der Waals surface area contributed by atoms with E-state index in [1.165, 1.54) is 14.2 Å². The SMILES string of the molecule is C=CC1(C)CCC(C(=C)C)C2=C1C(=O)C(OC)=C(OC)C2=O. The molecule has 0 radical (unpaired) electrons. The van der Waals surface area contributed by atoms with Crippen LogP contribution in [-0.4, -0.2) is 25.8 Å². The Labute approximate surface area is 131 Å². The monoisotopic (exact) mass is 302 g/mol. The predicted molar refractivity (Wildman–Crippen MR) is 83.9 cm³/mol. The molecule has 0 spiro atoms. The first-order valence-corrected chi connectivity index (χ1v) is 7.27. The van der Waals surface area contributed by atoms with Gasteiger partial charge in [0.25, 0.3) is 0 Å². The minimum Gasteiger partial charge on any atom is -0.489 e. The Morgan fingerprint density at radius 3 is 2.23 bits per heavy atom. The van der Waals surface area contributed by atoms with Gasteiger partial charge >= 0.3 is 0 Å². The lowest BCUT2D eigenvalue weighted by atomic mass is 9.62. The maximum atomic E-state index is 12.9. The van der Waals surface area contributed by atoms with Gasteiger partial charge in [-0.25, -0.2) is 0 Å². The van der Waals surface area contributed by atoms with Crippen molar-refractivity contribution in [1.29, 1.82) is 0 Å². The summed E-state index contributed by atoms with van der Waals surface area (Å²) in [6, 6.07) is 0. The number of hydrogen-bond acceptors (Lipinski definition) is 4. The molecule has 0 saturated carbocycles. The molecule has 0 aliphatic heterocycles. The van der Waals surface area contributed by atoms with Crippen LogP contribution in [0.4, 0.5) is 0 Å². The Kier molecular flexibility index (Phi) is 4.14. The molecule has 2 rings (SSSR count). The van der Waals surface area contributed by atoms with Crippen molar-refractivity contribution >= 4 is 11.6 Å². The first kappa shape index (κ1) is 16.3. The van der Waals surface area contributed by atoms with Crippen molar-refractivity contribution in [2.45, 2.75) is 26.7 Å². The highest BCUT2D eigenvalue weighted by atomic mass is 16.5. The van der Waals surface area contributed by atoms with E-state index in [1.54, 1.807) is 6.08 Å². The fourth-order valence-electron chi connectivity index (χ4n) is 3.36. The summed E-state index contributed by atoms with van der Waals surface area (Å²) in [6.45, 7) is 11.7. The number of carbonyl (C=O) groups is 2. The smallest absolute Gasteiger partial charge is 0.228 e. The van der Waals surface area contributed by atoms with Crippen molar-refractivity contribution in [3.63, 3.8) is 0 Å². The zero-order valence-corrected chi connectivity index (χ0v) is 13.6. The number of carbonyl (C=O) groups excluding carboxylic acids is 2. The van der Waals surface area contributed by atoms with Crippen molar-refractivity contribution < 1.29 is 19.1 Å². The molecule has 0 bridgehead atoms. The molecule has 0 N–H and O–H groups in total. The second kappa shape index (κ2) is 5.59. The number of methoxy groups -OCH3 is 2. The summed E-state index contributed by atoms with van der Waals surface area (Å²) in [5.41, 5.74) is 1.29. The summed E-state index contributed by atoms with van der Waals surface area (Å²) < 4.78 is 10.3. The Morgan fingerprint density at radius 1 is 1.23 bits per heavy atom. The molecular formula is C18H22O4. The Morgan fingerprint density at radius 2 is 1.77 bits per heavy atom. The van der Waals surface area contributed by atoms with Gasteiger partial charge in [-0.15, -0.1) is 6.58 Å². The normalized spacial score (nSPS) is 28.5. The van der Waals surface area contributed by atoms with Crippen molar-refractivity contribution in [1.82, 2.24) is 0 Å². The first-order chi connectivity index (χ1) is 10.3. The van der Waals surface area contributed by atoms with E-state index in [1.807, 2.05) is 13.8 Å². The molecule has 0 amide bonds. The molecule has 0 aromatic carbocycles. The minimum absolute atomic E-state index is 0.0224. The van der Waals surface area contributed by atoms with Crippen LogP contribution < -0.4 is 0 Å². The van der Waals surface area contributed by atoms with Gasteiger partial charge in [0.1, 0.15) is 0 Å². The molecule has 2 unspecified atom stereocenters. The summed E-state index contributed by atoms with van der Waals surface area (Å²) >= 11 is 0. The third-order valence-electron chi connectivity index (χ3n) is 4.69. The molecule has 4 heteroatoms. The molecule has 0 saturated heterocycles. The third-order valence-corrected chi connectivity index (χ3v) is 4.69. The maximum absolute atomic E-state index is 12.9. The average molecular weight is 302 g/mol. The van der Waals surface area contributed by atoms with Crippen LogP contribution in [-0.2, 0) is 19.1 Å². The fraction of sp³-hybridized carbons (Fsp3) is 0.444. The highest BCUT2D eigenvalue weighted by Crippen LogP contribution is 2.49. The van der Waals surface area contributed by atoms with E-state index >= 15 is 0 Å². The Bertz CT molecular complexity index is 635. The summed E-state index contributed by atoms with van der Waals surface area (Å²) in [4.78, 5) is 25.8. The molecule has 0 aromatic rings. The van der Waals surface area contributed by atoms with Gasteiger partial charge in [-0.3, -0.25) is 9.59 Å². The second-order valence-corrected chi connectivity index (χ2v) is 6.07. The predicted octanol–water partition coefficient (Wildman–Crippen LogP) is 3.12. The average Bonchev–Trinajstić information content (AvgIpc) is 2.49. The van der Waals surface area contributed by atoms with Gasteiger partial charge in [-0.1, -0.05) is 25.2 Å².